The van der Waals surface area contributed by atoms with Crippen molar-refractivity contribution >= 4 is 17.5 Å². The van der Waals surface area contributed by atoms with Crippen LogP contribution in [0.25, 0.3) is 0 Å². The van der Waals surface area contributed by atoms with E-state index in [2.05, 4.69) is 10.6 Å². The Labute approximate surface area is 139 Å². The molecule has 1 unspecified atom stereocenters. The molecular weight excluding hydrogens is 323 g/mol. The van der Waals surface area contributed by atoms with Gasteiger partial charge in [0.2, 0.25) is 0 Å². The number of carbonyl (C=O) groups excluding carboxylic acids is 2. The van der Waals surface area contributed by atoms with Crippen molar-refractivity contribution in [1.29, 1.82) is 0 Å². The lowest BCUT2D eigenvalue weighted by atomic mass is 10.2. The van der Waals surface area contributed by atoms with Gasteiger partial charge >= 0.3 is 0 Å². The monoisotopic (exact) mass is 346 g/mol. The Hall–Kier alpha value is -2.09. The first kappa shape index (κ1) is 20.0. The van der Waals surface area contributed by atoms with Crippen LogP contribution in [0, 0.1) is 17.5 Å². The third-order valence-electron chi connectivity index (χ3n) is 3.36. The Morgan fingerprint density at radius 1 is 1.12 bits per heavy atom. The Balaban J connectivity index is 2.50. The van der Waals surface area contributed by atoms with E-state index in [1.807, 2.05) is 13.8 Å². The first-order chi connectivity index (χ1) is 11.2. The van der Waals surface area contributed by atoms with Crippen LogP contribution >= 0.6 is 0 Å². The Kier molecular flexibility index (Phi) is 7.70. The molecule has 0 saturated heterocycles. The second-order valence-electron chi connectivity index (χ2n) is 5.84. The zero-order valence-electron chi connectivity index (χ0n) is 14.0. The van der Waals surface area contributed by atoms with Crippen molar-refractivity contribution in [1.82, 2.24) is 5.32 Å². The fraction of sp³-hybridized carbons (Fsp3) is 0.500. The lowest BCUT2D eigenvalue weighted by Crippen LogP contribution is -3.11. The van der Waals surface area contributed by atoms with E-state index in [1.165, 1.54) is 0 Å². The van der Waals surface area contributed by atoms with Crippen molar-refractivity contribution in [3.05, 3.63) is 29.6 Å². The molecule has 24 heavy (non-hydrogen) atoms. The SMILES string of the molecule is CCC[C@@H](C)NC(=O)C[NH+](C)CC(=O)Nc1ccc(F)c(F)c1F. The molecule has 0 aromatic heterocycles. The van der Waals surface area contributed by atoms with E-state index in [9.17, 15) is 22.8 Å². The average Bonchev–Trinajstić information content (AvgIpc) is 2.47. The molecule has 1 rings (SSSR count). The van der Waals surface area contributed by atoms with Gasteiger partial charge < -0.3 is 15.5 Å². The van der Waals surface area contributed by atoms with Gasteiger partial charge in [-0.25, -0.2) is 13.2 Å². The summed E-state index contributed by atoms with van der Waals surface area (Å²) in [4.78, 5) is 24.2. The van der Waals surface area contributed by atoms with E-state index < -0.39 is 29.0 Å². The first-order valence-electron chi connectivity index (χ1n) is 7.78. The largest absolute Gasteiger partial charge is 0.349 e. The van der Waals surface area contributed by atoms with Crippen LogP contribution in [0.15, 0.2) is 12.1 Å². The zero-order valence-corrected chi connectivity index (χ0v) is 14.0. The molecule has 1 aromatic rings. The lowest BCUT2D eigenvalue weighted by Gasteiger charge is -2.16. The molecule has 0 aliphatic rings. The Bertz CT molecular complexity index is 596. The maximum Gasteiger partial charge on any atom is 0.279 e. The van der Waals surface area contributed by atoms with Crippen LogP contribution in [-0.4, -0.2) is 38.0 Å². The summed E-state index contributed by atoms with van der Waals surface area (Å²) in [7, 11) is 1.63. The molecule has 0 fully saturated rings. The highest BCUT2D eigenvalue weighted by molar-refractivity contribution is 5.91. The van der Waals surface area contributed by atoms with Gasteiger partial charge in [-0.05, 0) is 25.5 Å². The molecule has 0 saturated carbocycles. The molecule has 0 radical (unpaired) electrons. The summed E-state index contributed by atoms with van der Waals surface area (Å²) in [5.74, 6) is -5.22. The number of benzene rings is 1. The van der Waals surface area contributed by atoms with E-state index in [0.717, 1.165) is 25.0 Å². The highest BCUT2D eigenvalue weighted by Crippen LogP contribution is 2.19. The number of halogens is 3. The molecule has 8 heteroatoms. The van der Waals surface area contributed by atoms with Crippen LogP contribution in [0.1, 0.15) is 26.7 Å². The number of rotatable bonds is 8. The molecule has 3 N–H and O–H groups in total. The van der Waals surface area contributed by atoms with Crippen molar-refractivity contribution in [2.75, 3.05) is 25.5 Å². The van der Waals surface area contributed by atoms with Gasteiger partial charge in [-0.15, -0.1) is 0 Å². The van der Waals surface area contributed by atoms with Crippen LogP contribution in [0.2, 0.25) is 0 Å². The number of carbonyl (C=O) groups is 2. The first-order valence-corrected chi connectivity index (χ1v) is 7.78. The van der Waals surface area contributed by atoms with Crippen LogP contribution < -0.4 is 15.5 Å². The van der Waals surface area contributed by atoms with Crippen molar-refractivity contribution in [2.45, 2.75) is 32.7 Å². The second-order valence-corrected chi connectivity index (χ2v) is 5.84. The number of hydrogen-bond acceptors (Lipinski definition) is 2. The predicted octanol–water partition coefficient (Wildman–Crippen LogP) is 0.862. The van der Waals surface area contributed by atoms with Gasteiger partial charge in [0.1, 0.15) is 0 Å². The fourth-order valence-electron chi connectivity index (χ4n) is 2.26. The summed E-state index contributed by atoms with van der Waals surface area (Å²) < 4.78 is 39.4. The van der Waals surface area contributed by atoms with E-state index in [0.29, 0.717) is 4.90 Å². The van der Waals surface area contributed by atoms with Gasteiger partial charge in [-0.1, -0.05) is 13.3 Å². The number of anilines is 1. The fourth-order valence-corrected chi connectivity index (χ4v) is 2.26. The van der Waals surface area contributed by atoms with Crippen molar-refractivity contribution in [2.24, 2.45) is 0 Å². The topological polar surface area (TPSA) is 62.6 Å². The molecule has 2 amide bonds. The van der Waals surface area contributed by atoms with Crippen molar-refractivity contribution in [3.8, 4) is 0 Å². The van der Waals surface area contributed by atoms with Crippen molar-refractivity contribution in [3.63, 3.8) is 0 Å². The average molecular weight is 346 g/mol. The zero-order chi connectivity index (χ0) is 18.3. The lowest BCUT2D eigenvalue weighted by molar-refractivity contribution is -0.862. The smallest absolute Gasteiger partial charge is 0.279 e. The minimum Gasteiger partial charge on any atom is -0.349 e. The summed E-state index contributed by atoms with van der Waals surface area (Å²) in [5.41, 5.74) is -0.437. The van der Waals surface area contributed by atoms with Gasteiger partial charge in [0, 0.05) is 6.04 Å². The van der Waals surface area contributed by atoms with Crippen LogP contribution in [0.3, 0.4) is 0 Å². The van der Waals surface area contributed by atoms with Crippen LogP contribution in [-0.2, 0) is 9.59 Å². The third-order valence-corrected chi connectivity index (χ3v) is 3.36. The molecule has 134 valence electrons. The molecular formula is C16H23F3N3O2+. The Morgan fingerprint density at radius 3 is 2.38 bits per heavy atom. The number of hydrogen-bond donors (Lipinski definition) is 3. The van der Waals surface area contributed by atoms with E-state index in [1.54, 1.807) is 7.05 Å². The minimum absolute atomic E-state index is 0.0559. The molecule has 5 nitrogen and oxygen atoms in total. The second kappa shape index (κ2) is 9.27. The number of likely N-dealkylation sites (N-methyl/N-ethyl adjacent to an activating group) is 1. The molecule has 0 aliphatic carbocycles. The maximum atomic E-state index is 13.5. The molecule has 0 heterocycles. The summed E-state index contributed by atoms with van der Waals surface area (Å²) in [6.07, 6.45) is 1.81. The molecule has 0 bridgehead atoms. The van der Waals surface area contributed by atoms with Gasteiger partial charge in [0.15, 0.2) is 30.5 Å². The minimum atomic E-state index is -1.64. The number of nitrogens with one attached hydrogen (secondary N) is 3. The molecule has 1 aromatic carbocycles. The molecule has 0 aliphatic heterocycles. The standard InChI is InChI=1S/C16H22F3N3O2/c1-4-5-10(2)20-13(23)8-22(3)9-14(24)21-12-7-6-11(17)15(18)16(12)19/h6-7,10H,4-5,8-9H2,1-3H3,(H,20,23)(H,21,24)/p+1/t10-/m1/s1. The summed E-state index contributed by atoms with van der Waals surface area (Å²) in [6.45, 7) is 3.87. The van der Waals surface area contributed by atoms with E-state index in [4.69, 9.17) is 0 Å². The highest BCUT2D eigenvalue weighted by Gasteiger charge is 2.19. The third kappa shape index (κ3) is 6.19. The van der Waals surface area contributed by atoms with Gasteiger partial charge in [0.05, 0.1) is 12.7 Å². The van der Waals surface area contributed by atoms with Crippen molar-refractivity contribution < 1.29 is 27.7 Å². The van der Waals surface area contributed by atoms with Gasteiger partial charge in [-0.2, -0.15) is 0 Å². The predicted molar refractivity (Wildman–Crippen MR) is 84.1 cm³/mol. The normalized spacial score (nSPS) is 13.2. The summed E-state index contributed by atoms with van der Waals surface area (Å²) >= 11 is 0. The Morgan fingerprint density at radius 2 is 1.75 bits per heavy atom. The summed E-state index contributed by atoms with van der Waals surface area (Å²) in [6, 6.07) is 1.73. The molecule has 2 atom stereocenters. The van der Waals surface area contributed by atoms with Gasteiger partial charge in [-0.3, -0.25) is 9.59 Å². The summed E-state index contributed by atoms with van der Waals surface area (Å²) in [5, 5.41) is 4.99. The van der Waals surface area contributed by atoms with E-state index >= 15 is 0 Å². The van der Waals surface area contributed by atoms with E-state index in [-0.39, 0.29) is 25.0 Å². The number of amides is 2. The van der Waals surface area contributed by atoms with Crippen LogP contribution in [0.4, 0.5) is 18.9 Å². The maximum absolute atomic E-state index is 13.5. The molecule has 0 spiro atoms. The number of quaternary nitrogens is 1. The van der Waals surface area contributed by atoms with Crippen LogP contribution in [0.5, 0.6) is 0 Å². The highest BCUT2D eigenvalue weighted by atomic mass is 19.2. The van der Waals surface area contributed by atoms with Gasteiger partial charge in [0.25, 0.3) is 11.8 Å². The quantitative estimate of drug-likeness (QED) is 0.612.